The average molecular weight is 442 g/mol. The highest BCUT2D eigenvalue weighted by molar-refractivity contribution is 7.89. The molecule has 0 aromatic heterocycles. The van der Waals surface area contributed by atoms with Gasteiger partial charge in [0, 0.05) is 5.56 Å². The standard InChI is InChI=1S/C28H27NO2S/c1-5-22-29(32(30,31)26-14-10-7-11-15-26)27(21-16-23-12-8-6-9-13-23)24-17-19-25(20-18-24)28(2,3)4/h1,6-15,17-20,27H,22H2,2-4H3. The first-order chi connectivity index (χ1) is 15.2. The van der Waals surface area contributed by atoms with Crippen LogP contribution in [0.15, 0.2) is 89.8 Å². The zero-order valence-electron chi connectivity index (χ0n) is 18.6. The number of sulfonamides is 1. The molecule has 3 nitrogen and oxygen atoms in total. The third kappa shape index (κ3) is 5.48. The van der Waals surface area contributed by atoms with Gasteiger partial charge in [-0.05, 0) is 40.8 Å². The Morgan fingerprint density at radius 1 is 0.875 bits per heavy atom. The Bertz CT molecular complexity index is 1240. The summed E-state index contributed by atoms with van der Waals surface area (Å²) < 4.78 is 28.4. The van der Waals surface area contributed by atoms with Gasteiger partial charge in [0.1, 0.15) is 6.04 Å². The lowest BCUT2D eigenvalue weighted by Gasteiger charge is -2.27. The summed E-state index contributed by atoms with van der Waals surface area (Å²) in [6.45, 7) is 6.32. The molecule has 0 aliphatic carbocycles. The second-order valence-corrected chi connectivity index (χ2v) is 10.4. The van der Waals surface area contributed by atoms with Crippen molar-refractivity contribution in [1.29, 1.82) is 0 Å². The Morgan fingerprint density at radius 2 is 1.44 bits per heavy atom. The Balaban J connectivity index is 2.13. The van der Waals surface area contributed by atoms with E-state index in [1.54, 1.807) is 30.3 Å². The summed E-state index contributed by atoms with van der Waals surface area (Å²) in [5.41, 5.74) is 2.72. The molecule has 0 spiro atoms. The Morgan fingerprint density at radius 3 is 1.97 bits per heavy atom. The molecular formula is C28H27NO2S. The van der Waals surface area contributed by atoms with Gasteiger partial charge in [-0.25, -0.2) is 8.42 Å². The summed E-state index contributed by atoms with van der Waals surface area (Å²) in [4.78, 5) is 0.188. The fourth-order valence-corrected chi connectivity index (χ4v) is 4.76. The van der Waals surface area contributed by atoms with Crippen LogP contribution in [0.2, 0.25) is 0 Å². The molecule has 0 saturated carbocycles. The lowest BCUT2D eigenvalue weighted by Crippen LogP contribution is -2.35. The first kappa shape index (κ1) is 23.4. The second-order valence-electron chi connectivity index (χ2n) is 8.48. The van der Waals surface area contributed by atoms with Crippen molar-refractivity contribution in [2.75, 3.05) is 6.54 Å². The zero-order valence-corrected chi connectivity index (χ0v) is 19.4. The molecule has 3 rings (SSSR count). The molecule has 1 unspecified atom stereocenters. The number of nitrogens with zero attached hydrogens (tertiary/aromatic N) is 1. The first-order valence-electron chi connectivity index (χ1n) is 10.4. The van der Waals surface area contributed by atoms with Gasteiger partial charge in [0.2, 0.25) is 10.0 Å². The largest absolute Gasteiger partial charge is 0.245 e. The van der Waals surface area contributed by atoms with E-state index < -0.39 is 16.1 Å². The SMILES string of the molecule is C#CCN(C(C#Cc1ccccc1)c1ccc(C(C)(C)C)cc1)S(=O)(=O)c1ccccc1. The summed E-state index contributed by atoms with van der Waals surface area (Å²) in [7, 11) is -3.87. The Kier molecular flexibility index (Phi) is 7.21. The van der Waals surface area contributed by atoms with Gasteiger partial charge in [0.05, 0.1) is 11.4 Å². The van der Waals surface area contributed by atoms with Crippen LogP contribution in [0.3, 0.4) is 0 Å². The van der Waals surface area contributed by atoms with Crippen molar-refractivity contribution < 1.29 is 8.42 Å². The fourth-order valence-electron chi connectivity index (χ4n) is 3.29. The van der Waals surface area contributed by atoms with E-state index >= 15 is 0 Å². The summed E-state index contributed by atoms with van der Waals surface area (Å²) in [5.74, 6) is 8.81. The van der Waals surface area contributed by atoms with E-state index in [1.807, 2.05) is 54.6 Å². The van der Waals surface area contributed by atoms with Crippen molar-refractivity contribution >= 4 is 10.0 Å². The maximum atomic E-state index is 13.5. The molecule has 0 N–H and O–H groups in total. The van der Waals surface area contributed by atoms with Gasteiger partial charge in [0.15, 0.2) is 0 Å². The zero-order chi connectivity index (χ0) is 23.2. The number of rotatable bonds is 5. The van der Waals surface area contributed by atoms with E-state index in [0.29, 0.717) is 0 Å². The topological polar surface area (TPSA) is 37.4 Å². The Labute approximate surface area is 192 Å². The molecular weight excluding hydrogens is 414 g/mol. The number of hydrogen-bond acceptors (Lipinski definition) is 2. The smallest absolute Gasteiger partial charge is 0.207 e. The van der Waals surface area contributed by atoms with Crippen molar-refractivity contribution in [3.8, 4) is 24.2 Å². The highest BCUT2D eigenvalue weighted by Crippen LogP contribution is 2.30. The first-order valence-corrected chi connectivity index (χ1v) is 11.8. The van der Waals surface area contributed by atoms with Crippen molar-refractivity contribution in [2.45, 2.75) is 37.1 Å². The maximum absolute atomic E-state index is 13.5. The third-order valence-electron chi connectivity index (χ3n) is 5.10. The summed E-state index contributed by atoms with van der Waals surface area (Å²) >= 11 is 0. The molecule has 162 valence electrons. The van der Waals surface area contributed by atoms with Crippen LogP contribution in [0.25, 0.3) is 0 Å². The van der Waals surface area contributed by atoms with Crippen molar-refractivity contribution in [3.05, 3.63) is 102 Å². The van der Waals surface area contributed by atoms with Crippen molar-refractivity contribution in [1.82, 2.24) is 4.31 Å². The van der Waals surface area contributed by atoms with Crippen molar-refractivity contribution in [2.24, 2.45) is 0 Å². The van der Waals surface area contributed by atoms with E-state index in [1.165, 1.54) is 4.31 Å². The lowest BCUT2D eigenvalue weighted by atomic mass is 9.86. The molecule has 0 fully saturated rings. The van der Waals surface area contributed by atoms with Crippen LogP contribution in [0.5, 0.6) is 0 Å². The van der Waals surface area contributed by atoms with E-state index in [0.717, 1.165) is 16.7 Å². The molecule has 0 radical (unpaired) electrons. The third-order valence-corrected chi connectivity index (χ3v) is 6.93. The van der Waals surface area contributed by atoms with Crippen molar-refractivity contribution in [3.63, 3.8) is 0 Å². The average Bonchev–Trinajstić information content (AvgIpc) is 2.79. The quantitative estimate of drug-likeness (QED) is 0.497. The van der Waals surface area contributed by atoms with E-state index in [9.17, 15) is 8.42 Å². The summed E-state index contributed by atoms with van der Waals surface area (Å²) in [5, 5.41) is 0. The van der Waals surface area contributed by atoms with Gasteiger partial charge in [-0.2, -0.15) is 4.31 Å². The molecule has 3 aromatic rings. The fraction of sp³-hybridized carbons (Fsp3) is 0.214. The van der Waals surface area contributed by atoms with Gasteiger partial charge in [-0.1, -0.05) is 99.2 Å². The van der Waals surface area contributed by atoms with Gasteiger partial charge in [0.25, 0.3) is 0 Å². The molecule has 3 aromatic carbocycles. The molecule has 0 bridgehead atoms. The number of terminal acetylenes is 1. The minimum Gasteiger partial charge on any atom is -0.207 e. The Hall–Kier alpha value is -3.31. The molecule has 32 heavy (non-hydrogen) atoms. The van der Waals surface area contributed by atoms with Crippen LogP contribution in [-0.2, 0) is 15.4 Å². The lowest BCUT2D eigenvalue weighted by molar-refractivity contribution is 0.410. The number of hydrogen-bond donors (Lipinski definition) is 0. The van der Waals surface area contributed by atoms with Crippen LogP contribution in [-0.4, -0.2) is 19.3 Å². The van der Waals surface area contributed by atoms with Gasteiger partial charge >= 0.3 is 0 Å². The van der Waals surface area contributed by atoms with Crippen LogP contribution < -0.4 is 0 Å². The summed E-state index contributed by atoms with van der Waals surface area (Å²) in [6, 6.07) is 25.0. The van der Waals surface area contributed by atoms with Gasteiger partial charge in [-0.15, -0.1) is 6.42 Å². The molecule has 1 atom stereocenters. The monoisotopic (exact) mass is 441 g/mol. The van der Waals surface area contributed by atoms with Crippen LogP contribution in [0.1, 0.15) is 43.5 Å². The predicted octanol–water partition coefficient (Wildman–Crippen LogP) is 5.40. The van der Waals surface area contributed by atoms with Crippen LogP contribution in [0, 0.1) is 24.2 Å². The number of benzene rings is 3. The highest BCUT2D eigenvalue weighted by Gasteiger charge is 2.31. The molecule has 0 aliphatic rings. The minimum absolute atomic E-state index is 0.0155. The minimum atomic E-state index is -3.87. The van der Waals surface area contributed by atoms with Gasteiger partial charge in [-0.3, -0.25) is 0 Å². The maximum Gasteiger partial charge on any atom is 0.245 e. The molecule has 0 saturated heterocycles. The molecule has 0 heterocycles. The predicted molar refractivity (Wildman–Crippen MR) is 130 cm³/mol. The summed E-state index contributed by atoms with van der Waals surface area (Å²) in [6.07, 6.45) is 5.60. The molecule has 0 amide bonds. The van der Waals surface area contributed by atoms with Crippen LogP contribution in [0.4, 0.5) is 0 Å². The second kappa shape index (κ2) is 9.88. The highest BCUT2D eigenvalue weighted by atomic mass is 32.2. The normalized spacial score (nSPS) is 12.5. The van der Waals surface area contributed by atoms with E-state index in [2.05, 4.69) is 38.5 Å². The van der Waals surface area contributed by atoms with Crippen LogP contribution >= 0.6 is 0 Å². The van der Waals surface area contributed by atoms with E-state index in [4.69, 9.17) is 6.42 Å². The molecule has 0 aliphatic heterocycles. The van der Waals surface area contributed by atoms with E-state index in [-0.39, 0.29) is 16.9 Å². The van der Waals surface area contributed by atoms with Gasteiger partial charge < -0.3 is 0 Å². The molecule has 4 heteroatoms.